The van der Waals surface area contributed by atoms with E-state index in [9.17, 15) is 0 Å². The number of rotatable bonds is 5. The molecule has 0 aliphatic rings. The van der Waals surface area contributed by atoms with Crippen LogP contribution in [0.2, 0.25) is 0 Å². The van der Waals surface area contributed by atoms with Crippen LogP contribution in [-0.2, 0) is 0 Å². The maximum Gasteiger partial charge on any atom is 0.106 e. The van der Waals surface area contributed by atoms with Crippen molar-refractivity contribution in [3.8, 4) is 0 Å². The van der Waals surface area contributed by atoms with Gasteiger partial charge in [0.05, 0.1) is 0 Å². The lowest BCUT2D eigenvalue weighted by Gasteiger charge is -2.27. The molecule has 3 heteroatoms. The lowest BCUT2D eigenvalue weighted by atomic mass is 10.1. The maximum atomic E-state index is 5.81. The van der Waals surface area contributed by atoms with E-state index in [-0.39, 0.29) is 0 Å². The van der Waals surface area contributed by atoms with E-state index in [0.29, 0.717) is 10.9 Å². The van der Waals surface area contributed by atoms with E-state index in [1.54, 1.807) is 0 Å². The van der Waals surface area contributed by atoms with E-state index >= 15 is 0 Å². The Bertz CT molecular complexity index is 399. The average Bonchev–Trinajstić information content (AvgIpc) is 2.25. The van der Waals surface area contributed by atoms with Gasteiger partial charge >= 0.3 is 0 Å². The van der Waals surface area contributed by atoms with Crippen LogP contribution in [0.3, 0.4) is 0 Å². The number of hydrogen-bond acceptors (Lipinski definition) is 2. The molecule has 17 heavy (non-hydrogen) atoms. The predicted octanol–water partition coefficient (Wildman–Crippen LogP) is 3.11. The molecule has 94 valence electrons. The molecule has 0 amide bonds. The number of hydrogen-bond donors (Lipinski definition) is 1. The van der Waals surface area contributed by atoms with Crippen molar-refractivity contribution in [2.75, 3.05) is 18.0 Å². The fraction of sp³-hybridized carbons (Fsp3) is 0.500. The van der Waals surface area contributed by atoms with Crippen molar-refractivity contribution < 1.29 is 0 Å². The zero-order valence-electron chi connectivity index (χ0n) is 11.2. The number of aryl methyl sites for hydroxylation is 1. The van der Waals surface area contributed by atoms with E-state index in [1.807, 2.05) is 0 Å². The van der Waals surface area contributed by atoms with Crippen LogP contribution in [0.5, 0.6) is 0 Å². The second-order valence-electron chi connectivity index (χ2n) is 4.82. The standard InChI is InChI=1S/C14H22N2S/c1-5-16(9-10(2)3)13-7-6-11(4)8-12(13)14(15)17/h6-8,10H,5,9H2,1-4H3,(H2,15,17). The molecule has 0 unspecified atom stereocenters. The van der Waals surface area contributed by atoms with Gasteiger partial charge in [0.1, 0.15) is 4.99 Å². The third-order valence-electron chi connectivity index (χ3n) is 2.73. The molecular weight excluding hydrogens is 228 g/mol. The average molecular weight is 250 g/mol. The summed E-state index contributed by atoms with van der Waals surface area (Å²) in [6.45, 7) is 10.6. The molecule has 0 atom stereocenters. The lowest BCUT2D eigenvalue weighted by molar-refractivity contribution is 0.618. The summed E-state index contributed by atoms with van der Waals surface area (Å²) in [6, 6.07) is 6.30. The number of nitrogens with zero attached hydrogens (tertiary/aromatic N) is 1. The second kappa shape index (κ2) is 6.01. The van der Waals surface area contributed by atoms with Crippen molar-refractivity contribution in [3.05, 3.63) is 29.3 Å². The molecule has 0 spiro atoms. The smallest absolute Gasteiger partial charge is 0.106 e. The highest BCUT2D eigenvalue weighted by atomic mass is 32.1. The Hall–Kier alpha value is -1.09. The molecule has 2 N–H and O–H groups in total. The van der Waals surface area contributed by atoms with Crippen molar-refractivity contribution in [2.24, 2.45) is 11.7 Å². The molecule has 1 rings (SSSR count). The monoisotopic (exact) mass is 250 g/mol. The summed E-state index contributed by atoms with van der Waals surface area (Å²) >= 11 is 5.14. The molecule has 1 aromatic carbocycles. The van der Waals surface area contributed by atoms with E-state index in [4.69, 9.17) is 18.0 Å². The molecule has 0 saturated heterocycles. The summed E-state index contributed by atoms with van der Waals surface area (Å²) < 4.78 is 0. The van der Waals surface area contributed by atoms with Gasteiger partial charge in [0.15, 0.2) is 0 Å². The van der Waals surface area contributed by atoms with Gasteiger partial charge in [-0.05, 0) is 31.9 Å². The highest BCUT2D eigenvalue weighted by Gasteiger charge is 2.12. The first kappa shape index (κ1) is 14.0. The SMILES string of the molecule is CCN(CC(C)C)c1ccc(C)cc1C(N)=S. The molecule has 0 heterocycles. The molecule has 0 aliphatic heterocycles. The number of anilines is 1. The summed E-state index contributed by atoms with van der Waals surface area (Å²) in [5.74, 6) is 0.621. The quantitative estimate of drug-likeness (QED) is 0.814. The van der Waals surface area contributed by atoms with Gasteiger partial charge in [-0.15, -0.1) is 0 Å². The van der Waals surface area contributed by atoms with Gasteiger partial charge in [0.2, 0.25) is 0 Å². The predicted molar refractivity (Wildman–Crippen MR) is 79.8 cm³/mol. The molecular formula is C14H22N2S. The van der Waals surface area contributed by atoms with Crippen LogP contribution >= 0.6 is 12.2 Å². The highest BCUT2D eigenvalue weighted by Crippen LogP contribution is 2.22. The topological polar surface area (TPSA) is 29.3 Å². The van der Waals surface area contributed by atoms with Crippen molar-refractivity contribution in [2.45, 2.75) is 27.7 Å². The Morgan fingerprint density at radius 3 is 2.53 bits per heavy atom. The molecule has 1 aromatic rings. The Kier molecular flexibility index (Phi) is 4.94. The van der Waals surface area contributed by atoms with Gasteiger partial charge in [-0.25, -0.2) is 0 Å². The number of thiocarbonyl (C=S) groups is 1. The Balaban J connectivity index is 3.14. The van der Waals surface area contributed by atoms with Crippen LogP contribution in [0, 0.1) is 12.8 Å². The molecule has 0 radical (unpaired) electrons. The summed E-state index contributed by atoms with van der Waals surface area (Å²) in [7, 11) is 0. The van der Waals surface area contributed by atoms with Gasteiger partial charge in [-0.2, -0.15) is 0 Å². The van der Waals surface area contributed by atoms with Gasteiger partial charge in [0.25, 0.3) is 0 Å². The minimum absolute atomic E-state index is 0.478. The van der Waals surface area contributed by atoms with Crippen LogP contribution in [-0.4, -0.2) is 18.1 Å². The fourth-order valence-corrected chi connectivity index (χ4v) is 2.13. The Morgan fingerprint density at radius 2 is 2.06 bits per heavy atom. The zero-order valence-corrected chi connectivity index (χ0v) is 12.0. The molecule has 0 fully saturated rings. The molecule has 0 aliphatic carbocycles. The van der Waals surface area contributed by atoms with Gasteiger partial charge in [0, 0.05) is 24.3 Å². The van der Waals surface area contributed by atoms with E-state index in [2.05, 4.69) is 50.8 Å². The van der Waals surface area contributed by atoms with Crippen LogP contribution in [0.4, 0.5) is 5.69 Å². The summed E-state index contributed by atoms with van der Waals surface area (Å²) in [6.07, 6.45) is 0. The van der Waals surface area contributed by atoms with Crippen molar-refractivity contribution in [1.82, 2.24) is 0 Å². The first-order valence-electron chi connectivity index (χ1n) is 6.11. The van der Waals surface area contributed by atoms with Crippen molar-refractivity contribution in [1.29, 1.82) is 0 Å². The third kappa shape index (κ3) is 3.70. The largest absolute Gasteiger partial charge is 0.389 e. The minimum atomic E-state index is 0.478. The second-order valence-corrected chi connectivity index (χ2v) is 5.26. The lowest BCUT2D eigenvalue weighted by Crippen LogP contribution is -2.29. The summed E-state index contributed by atoms with van der Waals surface area (Å²) in [5, 5.41) is 0. The molecule has 0 aromatic heterocycles. The van der Waals surface area contributed by atoms with Crippen molar-refractivity contribution >= 4 is 22.9 Å². The van der Waals surface area contributed by atoms with Gasteiger partial charge < -0.3 is 10.6 Å². The summed E-state index contributed by atoms with van der Waals surface area (Å²) in [5.41, 5.74) is 9.14. The van der Waals surface area contributed by atoms with Crippen molar-refractivity contribution in [3.63, 3.8) is 0 Å². The van der Waals surface area contributed by atoms with Gasteiger partial charge in [-0.3, -0.25) is 0 Å². The first-order chi connectivity index (χ1) is 7.95. The molecule has 2 nitrogen and oxygen atoms in total. The third-order valence-corrected chi connectivity index (χ3v) is 2.95. The molecule has 0 saturated carbocycles. The molecule has 0 bridgehead atoms. The van der Waals surface area contributed by atoms with E-state index in [1.165, 1.54) is 5.56 Å². The van der Waals surface area contributed by atoms with Crippen LogP contribution < -0.4 is 10.6 Å². The summed E-state index contributed by atoms with van der Waals surface area (Å²) in [4.78, 5) is 2.81. The fourth-order valence-electron chi connectivity index (χ4n) is 1.96. The number of nitrogens with two attached hydrogens (primary N) is 1. The highest BCUT2D eigenvalue weighted by molar-refractivity contribution is 7.80. The van der Waals surface area contributed by atoms with E-state index < -0.39 is 0 Å². The first-order valence-corrected chi connectivity index (χ1v) is 6.52. The normalized spacial score (nSPS) is 10.6. The maximum absolute atomic E-state index is 5.81. The van der Waals surface area contributed by atoms with E-state index in [0.717, 1.165) is 24.3 Å². The van der Waals surface area contributed by atoms with Crippen LogP contribution in [0.15, 0.2) is 18.2 Å². The zero-order chi connectivity index (χ0) is 13.0. The van der Waals surface area contributed by atoms with Crippen LogP contribution in [0.1, 0.15) is 31.9 Å². The van der Waals surface area contributed by atoms with Gasteiger partial charge in [-0.1, -0.05) is 37.7 Å². The Labute approximate surface area is 110 Å². The minimum Gasteiger partial charge on any atom is -0.389 e. The number of benzene rings is 1. The van der Waals surface area contributed by atoms with Crippen LogP contribution in [0.25, 0.3) is 0 Å². The Morgan fingerprint density at radius 1 is 1.41 bits per heavy atom.